The van der Waals surface area contributed by atoms with Crippen molar-refractivity contribution in [3.05, 3.63) is 59.7 Å². The van der Waals surface area contributed by atoms with Gasteiger partial charge in [-0.1, -0.05) is 12.1 Å². The third kappa shape index (κ3) is 3.49. The van der Waals surface area contributed by atoms with Gasteiger partial charge in [0.05, 0.1) is 17.7 Å². The molecule has 0 unspecified atom stereocenters. The van der Waals surface area contributed by atoms with E-state index >= 15 is 0 Å². The van der Waals surface area contributed by atoms with E-state index in [9.17, 15) is 4.79 Å². The number of carbonyl (C=O) groups is 1. The molecule has 0 aromatic carbocycles. The second-order valence-corrected chi connectivity index (χ2v) is 7.70. The van der Waals surface area contributed by atoms with Crippen LogP contribution in [0.25, 0.3) is 0 Å². The van der Waals surface area contributed by atoms with Gasteiger partial charge in [0.25, 0.3) is 0 Å². The summed E-state index contributed by atoms with van der Waals surface area (Å²) in [5, 5.41) is 0. The van der Waals surface area contributed by atoms with Crippen molar-refractivity contribution in [3.8, 4) is 0 Å². The van der Waals surface area contributed by atoms with Crippen LogP contribution >= 0.6 is 0 Å². The highest BCUT2D eigenvalue weighted by molar-refractivity contribution is 5.85. The fraction of sp³-hybridized carbons (Fsp3) is 0.476. The van der Waals surface area contributed by atoms with E-state index in [1.165, 1.54) is 5.56 Å². The van der Waals surface area contributed by atoms with Crippen LogP contribution in [0.1, 0.15) is 36.2 Å². The van der Waals surface area contributed by atoms with Gasteiger partial charge in [-0.25, -0.2) is 0 Å². The zero-order chi connectivity index (χ0) is 18.0. The van der Waals surface area contributed by atoms with Crippen LogP contribution in [0.15, 0.2) is 42.7 Å². The number of pyridine rings is 2. The largest absolute Gasteiger partial charge is 0.336 e. The number of piperidine rings is 1. The Morgan fingerprint density at radius 3 is 2.85 bits per heavy atom. The van der Waals surface area contributed by atoms with Gasteiger partial charge in [0.15, 0.2) is 0 Å². The number of hydrogen-bond donors (Lipinski definition) is 0. The minimum atomic E-state index is -0.204. The number of rotatable bonds is 4. The Morgan fingerprint density at radius 1 is 1.12 bits per heavy atom. The van der Waals surface area contributed by atoms with E-state index in [0.29, 0.717) is 12.5 Å². The predicted octanol–water partition coefficient (Wildman–Crippen LogP) is 2.80. The summed E-state index contributed by atoms with van der Waals surface area (Å²) in [7, 11) is 0. The van der Waals surface area contributed by atoms with Crippen LogP contribution in [-0.2, 0) is 17.9 Å². The normalized spacial score (nSPS) is 23.7. The zero-order valence-corrected chi connectivity index (χ0v) is 15.4. The number of nitrogens with zero attached hydrogens (tertiary/aromatic N) is 4. The summed E-state index contributed by atoms with van der Waals surface area (Å²) < 4.78 is 0. The van der Waals surface area contributed by atoms with Gasteiger partial charge in [-0.15, -0.1) is 0 Å². The molecular formula is C21H26N4O. The average Bonchev–Trinajstić information content (AvgIpc) is 2.92. The first kappa shape index (κ1) is 17.2. The molecule has 0 aliphatic carbocycles. The topological polar surface area (TPSA) is 49.3 Å². The van der Waals surface area contributed by atoms with E-state index < -0.39 is 0 Å². The molecule has 1 spiro atoms. The molecule has 1 atom stereocenters. The Labute approximate surface area is 155 Å². The lowest BCUT2D eigenvalue weighted by atomic mass is 9.78. The van der Waals surface area contributed by atoms with E-state index in [1.807, 2.05) is 42.3 Å². The molecule has 0 radical (unpaired) electrons. The molecule has 2 fully saturated rings. The number of aryl methyl sites for hydroxylation is 1. The summed E-state index contributed by atoms with van der Waals surface area (Å²) in [6.07, 6.45) is 6.78. The first-order chi connectivity index (χ1) is 12.6. The lowest BCUT2D eigenvalue weighted by molar-refractivity contribution is -0.139. The summed E-state index contributed by atoms with van der Waals surface area (Å²) in [4.78, 5) is 26.4. The number of aromatic nitrogens is 2. The summed E-state index contributed by atoms with van der Waals surface area (Å²) in [5.41, 5.74) is 3.00. The van der Waals surface area contributed by atoms with Crippen molar-refractivity contribution in [2.45, 2.75) is 39.3 Å². The first-order valence-corrected chi connectivity index (χ1v) is 9.48. The summed E-state index contributed by atoms with van der Waals surface area (Å²) in [6, 6.07) is 10.1. The molecule has 5 nitrogen and oxygen atoms in total. The first-order valence-electron chi connectivity index (χ1n) is 9.48. The molecular weight excluding hydrogens is 324 g/mol. The SMILES string of the molecule is Cc1cccc(CN2CC[C@]3(CCCN(Cc4cccnc4)C3)C2=O)n1. The number of hydrogen-bond acceptors (Lipinski definition) is 4. The fourth-order valence-electron chi connectivity index (χ4n) is 4.42. The van der Waals surface area contributed by atoms with Crippen LogP contribution in [0.2, 0.25) is 0 Å². The Balaban J connectivity index is 1.44. The van der Waals surface area contributed by atoms with Crippen molar-refractivity contribution < 1.29 is 4.79 Å². The molecule has 0 bridgehead atoms. The Kier molecular flexibility index (Phi) is 4.72. The summed E-state index contributed by atoms with van der Waals surface area (Å²) in [5.74, 6) is 0.316. The Bertz CT molecular complexity index is 779. The maximum Gasteiger partial charge on any atom is 0.230 e. The molecule has 4 rings (SSSR count). The maximum atomic E-state index is 13.2. The molecule has 1 amide bonds. The second-order valence-electron chi connectivity index (χ2n) is 7.70. The molecule has 2 aliphatic rings. The van der Waals surface area contributed by atoms with Crippen LogP contribution < -0.4 is 0 Å². The fourth-order valence-corrected chi connectivity index (χ4v) is 4.42. The quantitative estimate of drug-likeness (QED) is 0.851. The summed E-state index contributed by atoms with van der Waals surface area (Å²) in [6.45, 7) is 6.26. The number of likely N-dealkylation sites (tertiary alicyclic amines) is 2. The molecule has 2 saturated heterocycles. The molecule has 2 aromatic rings. The van der Waals surface area contributed by atoms with E-state index in [1.54, 1.807) is 6.20 Å². The van der Waals surface area contributed by atoms with Crippen molar-refractivity contribution in [2.75, 3.05) is 19.6 Å². The van der Waals surface area contributed by atoms with Crippen LogP contribution in [0, 0.1) is 12.3 Å². The molecule has 2 aromatic heterocycles. The Morgan fingerprint density at radius 2 is 2.04 bits per heavy atom. The third-order valence-corrected chi connectivity index (χ3v) is 5.68. The smallest absolute Gasteiger partial charge is 0.230 e. The van der Waals surface area contributed by atoms with E-state index in [4.69, 9.17) is 0 Å². The Hall–Kier alpha value is -2.27. The van der Waals surface area contributed by atoms with Crippen molar-refractivity contribution in [1.82, 2.24) is 19.8 Å². The molecule has 136 valence electrons. The lowest BCUT2D eigenvalue weighted by Gasteiger charge is -2.39. The standard InChI is InChI=1S/C21H26N4O/c1-17-5-2-7-19(23-17)15-25-12-9-21(20(25)26)8-4-11-24(16-21)14-18-6-3-10-22-13-18/h2-3,5-7,10,13H,4,8-9,11-12,14-16H2,1H3/t21-/m0/s1. The van der Waals surface area contributed by atoms with Gasteiger partial charge in [0, 0.05) is 37.7 Å². The van der Waals surface area contributed by atoms with Crippen LogP contribution in [0.4, 0.5) is 0 Å². The minimum Gasteiger partial charge on any atom is -0.336 e. The molecule has 0 saturated carbocycles. The molecule has 4 heterocycles. The van der Waals surface area contributed by atoms with Crippen LogP contribution in [0.5, 0.6) is 0 Å². The van der Waals surface area contributed by atoms with Gasteiger partial charge < -0.3 is 4.90 Å². The van der Waals surface area contributed by atoms with Gasteiger partial charge in [0.1, 0.15) is 0 Å². The van der Waals surface area contributed by atoms with Gasteiger partial charge >= 0.3 is 0 Å². The monoisotopic (exact) mass is 350 g/mol. The zero-order valence-electron chi connectivity index (χ0n) is 15.4. The van der Waals surface area contributed by atoms with E-state index in [0.717, 1.165) is 56.8 Å². The van der Waals surface area contributed by atoms with Gasteiger partial charge in [-0.3, -0.25) is 19.7 Å². The molecule has 0 N–H and O–H groups in total. The maximum absolute atomic E-state index is 13.2. The molecule has 5 heteroatoms. The number of amides is 1. The van der Waals surface area contributed by atoms with Gasteiger partial charge in [0.2, 0.25) is 5.91 Å². The average molecular weight is 350 g/mol. The van der Waals surface area contributed by atoms with Gasteiger partial charge in [-0.2, -0.15) is 0 Å². The second kappa shape index (κ2) is 7.16. The highest BCUT2D eigenvalue weighted by Crippen LogP contribution is 2.40. The third-order valence-electron chi connectivity index (χ3n) is 5.68. The predicted molar refractivity (Wildman–Crippen MR) is 100 cm³/mol. The van der Waals surface area contributed by atoms with E-state index in [-0.39, 0.29) is 5.41 Å². The highest BCUT2D eigenvalue weighted by Gasteiger charge is 2.48. The molecule has 2 aliphatic heterocycles. The molecule has 26 heavy (non-hydrogen) atoms. The lowest BCUT2D eigenvalue weighted by Crippen LogP contribution is -2.47. The van der Waals surface area contributed by atoms with Gasteiger partial charge in [-0.05, 0) is 56.5 Å². The van der Waals surface area contributed by atoms with Crippen molar-refractivity contribution in [3.63, 3.8) is 0 Å². The van der Waals surface area contributed by atoms with Crippen molar-refractivity contribution in [2.24, 2.45) is 5.41 Å². The minimum absolute atomic E-state index is 0.204. The summed E-state index contributed by atoms with van der Waals surface area (Å²) >= 11 is 0. The van der Waals surface area contributed by atoms with Crippen molar-refractivity contribution in [1.29, 1.82) is 0 Å². The van der Waals surface area contributed by atoms with Crippen LogP contribution in [0.3, 0.4) is 0 Å². The van der Waals surface area contributed by atoms with Crippen molar-refractivity contribution >= 4 is 5.91 Å². The van der Waals surface area contributed by atoms with E-state index in [2.05, 4.69) is 20.9 Å². The number of carbonyl (C=O) groups excluding carboxylic acids is 1. The highest BCUT2D eigenvalue weighted by atomic mass is 16.2. The van der Waals surface area contributed by atoms with Crippen LogP contribution in [-0.4, -0.2) is 45.3 Å².